The van der Waals surface area contributed by atoms with E-state index in [0.29, 0.717) is 11.6 Å². The molecule has 3 rings (SSSR count). The molecule has 1 aromatic heterocycles. The predicted molar refractivity (Wildman–Crippen MR) is 103 cm³/mol. The first-order valence-electron chi connectivity index (χ1n) is 7.81. The summed E-state index contributed by atoms with van der Waals surface area (Å²) in [5.74, 6) is 0.909. The molecule has 2 aromatic carbocycles. The van der Waals surface area contributed by atoms with Crippen molar-refractivity contribution in [1.82, 2.24) is 10.2 Å². The summed E-state index contributed by atoms with van der Waals surface area (Å²) in [6.07, 6.45) is 0.270. The highest BCUT2D eigenvalue weighted by atomic mass is 79.9. The SMILES string of the molecule is Cc1ccccc1Nc1ccc(NC(=O)Cc2ccccc2Br)nn1. The maximum absolute atomic E-state index is 12.1. The van der Waals surface area contributed by atoms with Gasteiger partial charge in [-0.05, 0) is 42.3 Å². The lowest BCUT2D eigenvalue weighted by Crippen LogP contribution is -2.16. The van der Waals surface area contributed by atoms with E-state index in [1.54, 1.807) is 12.1 Å². The second-order valence-corrected chi connectivity index (χ2v) is 6.41. The van der Waals surface area contributed by atoms with Gasteiger partial charge in [-0.15, -0.1) is 10.2 Å². The van der Waals surface area contributed by atoms with E-state index in [0.717, 1.165) is 21.3 Å². The molecular weight excluding hydrogens is 380 g/mol. The van der Waals surface area contributed by atoms with Crippen molar-refractivity contribution < 1.29 is 4.79 Å². The van der Waals surface area contributed by atoms with E-state index in [9.17, 15) is 4.79 Å². The van der Waals surface area contributed by atoms with E-state index in [4.69, 9.17) is 0 Å². The van der Waals surface area contributed by atoms with Crippen LogP contribution in [0.5, 0.6) is 0 Å². The lowest BCUT2D eigenvalue weighted by atomic mass is 10.1. The number of benzene rings is 2. The van der Waals surface area contributed by atoms with E-state index in [-0.39, 0.29) is 12.3 Å². The van der Waals surface area contributed by atoms with E-state index in [1.807, 2.05) is 55.5 Å². The average molecular weight is 397 g/mol. The van der Waals surface area contributed by atoms with Crippen LogP contribution in [0.3, 0.4) is 0 Å². The lowest BCUT2D eigenvalue weighted by Gasteiger charge is -2.09. The molecule has 5 nitrogen and oxygen atoms in total. The number of carbonyl (C=O) groups excluding carboxylic acids is 1. The molecule has 0 aliphatic carbocycles. The van der Waals surface area contributed by atoms with Crippen molar-refractivity contribution >= 4 is 39.2 Å². The van der Waals surface area contributed by atoms with Crippen LogP contribution >= 0.6 is 15.9 Å². The van der Waals surface area contributed by atoms with Crippen molar-refractivity contribution in [3.63, 3.8) is 0 Å². The van der Waals surface area contributed by atoms with Gasteiger partial charge in [0.25, 0.3) is 0 Å². The summed E-state index contributed by atoms with van der Waals surface area (Å²) in [5.41, 5.74) is 3.02. The highest BCUT2D eigenvalue weighted by Gasteiger charge is 2.08. The fourth-order valence-corrected chi connectivity index (χ4v) is 2.74. The molecule has 0 fully saturated rings. The maximum Gasteiger partial charge on any atom is 0.230 e. The maximum atomic E-state index is 12.1. The molecule has 0 saturated carbocycles. The monoisotopic (exact) mass is 396 g/mol. The summed E-state index contributed by atoms with van der Waals surface area (Å²) >= 11 is 3.44. The standard InChI is InChI=1S/C19H17BrN4O/c1-13-6-2-5-9-16(13)21-17-10-11-18(24-23-17)22-19(25)12-14-7-3-4-8-15(14)20/h2-11H,12H2,1H3,(H,21,23)(H,22,24,25). The van der Waals surface area contributed by atoms with Gasteiger partial charge in [-0.2, -0.15) is 0 Å². The third-order valence-electron chi connectivity index (χ3n) is 3.65. The minimum absolute atomic E-state index is 0.138. The summed E-state index contributed by atoms with van der Waals surface area (Å²) in [6.45, 7) is 2.02. The summed E-state index contributed by atoms with van der Waals surface area (Å²) in [6, 6.07) is 19.1. The largest absolute Gasteiger partial charge is 0.339 e. The number of anilines is 3. The molecule has 0 atom stereocenters. The quantitative estimate of drug-likeness (QED) is 0.667. The predicted octanol–water partition coefficient (Wildman–Crippen LogP) is 4.47. The van der Waals surface area contributed by atoms with Crippen molar-refractivity contribution in [3.8, 4) is 0 Å². The first kappa shape index (κ1) is 17.1. The van der Waals surface area contributed by atoms with Crippen molar-refractivity contribution in [1.29, 1.82) is 0 Å². The van der Waals surface area contributed by atoms with Gasteiger partial charge in [0, 0.05) is 10.2 Å². The van der Waals surface area contributed by atoms with Crippen LogP contribution in [-0.4, -0.2) is 16.1 Å². The summed E-state index contributed by atoms with van der Waals surface area (Å²) in [5, 5.41) is 14.1. The zero-order valence-corrected chi connectivity index (χ0v) is 15.2. The minimum atomic E-state index is -0.138. The van der Waals surface area contributed by atoms with Gasteiger partial charge in [-0.25, -0.2) is 0 Å². The van der Waals surface area contributed by atoms with Gasteiger partial charge in [0.2, 0.25) is 5.91 Å². The van der Waals surface area contributed by atoms with E-state index in [1.165, 1.54) is 0 Å². The van der Waals surface area contributed by atoms with Crippen molar-refractivity contribution in [2.45, 2.75) is 13.3 Å². The number of rotatable bonds is 5. The number of carbonyl (C=O) groups is 1. The Hall–Kier alpha value is -2.73. The molecule has 126 valence electrons. The van der Waals surface area contributed by atoms with Crippen LogP contribution in [-0.2, 0) is 11.2 Å². The first-order valence-corrected chi connectivity index (χ1v) is 8.61. The molecule has 0 unspecified atom stereocenters. The summed E-state index contributed by atoms with van der Waals surface area (Å²) < 4.78 is 0.911. The molecule has 25 heavy (non-hydrogen) atoms. The molecule has 0 bridgehead atoms. The van der Waals surface area contributed by atoms with Gasteiger partial charge >= 0.3 is 0 Å². The number of aromatic nitrogens is 2. The molecule has 0 radical (unpaired) electrons. The van der Waals surface area contributed by atoms with Crippen LogP contribution in [0.15, 0.2) is 65.1 Å². The molecule has 3 aromatic rings. The normalized spacial score (nSPS) is 10.3. The van der Waals surface area contributed by atoms with Crippen LogP contribution in [0.1, 0.15) is 11.1 Å². The fraction of sp³-hybridized carbons (Fsp3) is 0.105. The molecule has 0 aliphatic heterocycles. The second-order valence-electron chi connectivity index (χ2n) is 5.56. The van der Waals surface area contributed by atoms with Gasteiger partial charge in [0.05, 0.1) is 6.42 Å². The Labute approximate surface area is 154 Å². The van der Waals surface area contributed by atoms with Crippen molar-refractivity contribution in [2.75, 3.05) is 10.6 Å². The minimum Gasteiger partial charge on any atom is -0.339 e. The van der Waals surface area contributed by atoms with E-state index >= 15 is 0 Å². The third-order valence-corrected chi connectivity index (χ3v) is 4.42. The molecular formula is C19H17BrN4O. The van der Waals surface area contributed by atoms with E-state index in [2.05, 4.69) is 36.8 Å². The number of nitrogens with one attached hydrogen (secondary N) is 2. The van der Waals surface area contributed by atoms with Crippen LogP contribution in [0.4, 0.5) is 17.3 Å². The highest BCUT2D eigenvalue weighted by Crippen LogP contribution is 2.19. The van der Waals surface area contributed by atoms with Gasteiger partial charge in [0.15, 0.2) is 11.6 Å². The molecule has 1 amide bonds. The van der Waals surface area contributed by atoms with Gasteiger partial charge in [-0.3, -0.25) is 4.79 Å². The Morgan fingerprint density at radius 2 is 1.64 bits per heavy atom. The average Bonchev–Trinajstić information content (AvgIpc) is 2.61. The van der Waals surface area contributed by atoms with Crippen LogP contribution in [0, 0.1) is 6.92 Å². The van der Waals surface area contributed by atoms with Gasteiger partial charge in [0.1, 0.15) is 0 Å². The lowest BCUT2D eigenvalue weighted by molar-refractivity contribution is -0.115. The molecule has 0 spiro atoms. The topological polar surface area (TPSA) is 66.9 Å². The summed E-state index contributed by atoms with van der Waals surface area (Å²) in [4.78, 5) is 12.1. The van der Waals surface area contributed by atoms with Crippen molar-refractivity contribution in [3.05, 3.63) is 76.3 Å². The molecule has 0 saturated heterocycles. The Balaban J connectivity index is 1.62. The van der Waals surface area contributed by atoms with Crippen LogP contribution < -0.4 is 10.6 Å². The molecule has 1 heterocycles. The number of hydrogen-bond donors (Lipinski definition) is 2. The first-order chi connectivity index (χ1) is 12.1. The third kappa shape index (κ3) is 4.64. The Morgan fingerprint density at radius 1 is 0.960 bits per heavy atom. The smallest absolute Gasteiger partial charge is 0.230 e. The number of nitrogens with zero attached hydrogens (tertiary/aromatic N) is 2. The fourth-order valence-electron chi connectivity index (χ4n) is 2.32. The van der Waals surface area contributed by atoms with E-state index < -0.39 is 0 Å². The van der Waals surface area contributed by atoms with Crippen LogP contribution in [0.25, 0.3) is 0 Å². The zero-order valence-electron chi connectivity index (χ0n) is 13.7. The van der Waals surface area contributed by atoms with Gasteiger partial charge < -0.3 is 10.6 Å². The van der Waals surface area contributed by atoms with Crippen molar-refractivity contribution in [2.24, 2.45) is 0 Å². The molecule has 0 aliphatic rings. The number of halogens is 1. The zero-order chi connectivity index (χ0) is 17.6. The molecule has 6 heteroatoms. The van der Waals surface area contributed by atoms with Gasteiger partial charge in [-0.1, -0.05) is 52.3 Å². The Kier molecular flexibility index (Phi) is 5.40. The Morgan fingerprint density at radius 3 is 2.36 bits per heavy atom. The second kappa shape index (κ2) is 7.90. The number of aryl methyl sites for hydroxylation is 1. The van der Waals surface area contributed by atoms with Crippen LogP contribution in [0.2, 0.25) is 0 Å². The Bertz CT molecular complexity index is 881. The number of para-hydroxylation sites is 1. The summed E-state index contributed by atoms with van der Waals surface area (Å²) in [7, 11) is 0. The highest BCUT2D eigenvalue weighted by molar-refractivity contribution is 9.10. The number of amides is 1. The number of hydrogen-bond acceptors (Lipinski definition) is 4. The molecule has 2 N–H and O–H groups in total.